The van der Waals surface area contributed by atoms with Gasteiger partial charge in [-0.05, 0) is 18.9 Å². The molecule has 0 saturated carbocycles. The van der Waals surface area contributed by atoms with Gasteiger partial charge in [-0.25, -0.2) is 0 Å². The van der Waals surface area contributed by atoms with Crippen LogP contribution in [0.1, 0.15) is 24.6 Å². The smallest absolute Gasteiger partial charge is 0.131 e. The van der Waals surface area contributed by atoms with Crippen molar-refractivity contribution in [2.24, 2.45) is 7.05 Å². The molecule has 7 heteroatoms. The molecule has 3 heterocycles. The van der Waals surface area contributed by atoms with Gasteiger partial charge in [-0.2, -0.15) is 10.2 Å². The Hall–Kier alpha value is -1.37. The Labute approximate surface area is 142 Å². The van der Waals surface area contributed by atoms with Gasteiger partial charge < -0.3 is 4.74 Å². The third kappa shape index (κ3) is 3.94. The maximum Gasteiger partial charge on any atom is 0.131 e. The highest BCUT2D eigenvalue weighted by Crippen LogP contribution is 2.22. The molecule has 0 radical (unpaired) electrons. The third-order valence-corrected chi connectivity index (χ3v) is 4.73. The molecule has 1 saturated heterocycles. The van der Waals surface area contributed by atoms with Crippen LogP contribution in [0.4, 0.5) is 0 Å². The van der Waals surface area contributed by atoms with Crippen molar-refractivity contribution in [2.45, 2.75) is 39.0 Å². The van der Waals surface area contributed by atoms with Crippen LogP contribution in [0.5, 0.6) is 0 Å². The first-order valence-corrected chi connectivity index (χ1v) is 8.56. The molecule has 3 rings (SSSR count). The fraction of sp³-hybridized carbons (Fsp3) is 0.625. The second-order valence-electron chi connectivity index (χ2n) is 6.00. The molecule has 0 bridgehead atoms. The number of aromatic nitrogens is 4. The van der Waals surface area contributed by atoms with E-state index in [0.717, 1.165) is 62.0 Å². The van der Waals surface area contributed by atoms with Crippen molar-refractivity contribution in [3.8, 4) is 0 Å². The van der Waals surface area contributed by atoms with Gasteiger partial charge in [0.25, 0.3) is 0 Å². The van der Waals surface area contributed by atoms with Crippen molar-refractivity contribution in [3.63, 3.8) is 0 Å². The molecule has 2 aromatic rings. The van der Waals surface area contributed by atoms with E-state index in [1.54, 1.807) is 10.9 Å². The van der Waals surface area contributed by atoms with Gasteiger partial charge in [-0.1, -0.05) is 18.5 Å². The van der Waals surface area contributed by atoms with Gasteiger partial charge in [0.1, 0.15) is 5.15 Å². The second kappa shape index (κ2) is 7.47. The minimum absolute atomic E-state index is 0.151. The SMILES string of the molecule is CCc1nn(C)c(Cl)c1CN1CCCO[C@@H](Cn2cccn2)C1. The summed E-state index contributed by atoms with van der Waals surface area (Å²) >= 11 is 6.43. The Morgan fingerprint density at radius 3 is 3.04 bits per heavy atom. The zero-order chi connectivity index (χ0) is 16.2. The van der Waals surface area contributed by atoms with E-state index >= 15 is 0 Å². The predicted octanol–water partition coefficient (Wildman–Crippen LogP) is 2.12. The van der Waals surface area contributed by atoms with Crippen LogP contribution in [0, 0.1) is 0 Å². The summed E-state index contributed by atoms with van der Waals surface area (Å²) in [6.07, 6.45) is 5.87. The molecule has 2 aromatic heterocycles. The quantitative estimate of drug-likeness (QED) is 0.838. The number of nitrogens with zero attached hydrogens (tertiary/aromatic N) is 5. The summed E-state index contributed by atoms with van der Waals surface area (Å²) in [7, 11) is 1.90. The molecular formula is C16H24ClN5O. The van der Waals surface area contributed by atoms with Crippen LogP contribution < -0.4 is 0 Å². The van der Waals surface area contributed by atoms with Gasteiger partial charge in [0.15, 0.2) is 0 Å². The Morgan fingerprint density at radius 1 is 1.43 bits per heavy atom. The fourth-order valence-corrected chi connectivity index (χ4v) is 3.31. The minimum Gasteiger partial charge on any atom is -0.375 e. The lowest BCUT2D eigenvalue weighted by molar-refractivity contribution is 0.0391. The van der Waals surface area contributed by atoms with Crippen LogP contribution in [0.25, 0.3) is 0 Å². The molecule has 1 aliphatic heterocycles. The van der Waals surface area contributed by atoms with Crippen LogP contribution in [0.15, 0.2) is 18.5 Å². The molecule has 0 unspecified atom stereocenters. The monoisotopic (exact) mass is 337 g/mol. The van der Waals surface area contributed by atoms with E-state index in [1.807, 2.05) is 24.0 Å². The molecular weight excluding hydrogens is 314 g/mol. The topological polar surface area (TPSA) is 48.1 Å². The second-order valence-corrected chi connectivity index (χ2v) is 6.36. The summed E-state index contributed by atoms with van der Waals surface area (Å²) in [4.78, 5) is 2.42. The fourth-order valence-electron chi connectivity index (χ4n) is 3.11. The van der Waals surface area contributed by atoms with Gasteiger partial charge in [0, 0.05) is 51.2 Å². The lowest BCUT2D eigenvalue weighted by atomic mass is 10.2. The molecule has 126 valence electrons. The van der Waals surface area contributed by atoms with Gasteiger partial charge in [-0.15, -0.1) is 0 Å². The van der Waals surface area contributed by atoms with Crippen molar-refractivity contribution in [1.29, 1.82) is 0 Å². The van der Waals surface area contributed by atoms with E-state index < -0.39 is 0 Å². The molecule has 0 amide bonds. The van der Waals surface area contributed by atoms with E-state index in [-0.39, 0.29) is 6.10 Å². The molecule has 6 nitrogen and oxygen atoms in total. The van der Waals surface area contributed by atoms with Crippen molar-refractivity contribution >= 4 is 11.6 Å². The normalized spacial score (nSPS) is 19.9. The maximum atomic E-state index is 6.43. The van der Waals surface area contributed by atoms with Gasteiger partial charge in [-0.3, -0.25) is 14.3 Å². The van der Waals surface area contributed by atoms with Crippen LogP contribution >= 0.6 is 11.6 Å². The van der Waals surface area contributed by atoms with Crippen LogP contribution in [0.3, 0.4) is 0 Å². The molecule has 0 aromatic carbocycles. The highest BCUT2D eigenvalue weighted by molar-refractivity contribution is 6.30. The largest absolute Gasteiger partial charge is 0.375 e. The summed E-state index contributed by atoms with van der Waals surface area (Å²) in [5.41, 5.74) is 2.24. The molecule has 23 heavy (non-hydrogen) atoms. The van der Waals surface area contributed by atoms with Gasteiger partial charge in [0.2, 0.25) is 0 Å². The van der Waals surface area contributed by atoms with Crippen molar-refractivity contribution in [1.82, 2.24) is 24.5 Å². The first-order valence-electron chi connectivity index (χ1n) is 8.19. The maximum absolute atomic E-state index is 6.43. The van der Waals surface area contributed by atoms with Gasteiger partial charge in [0.05, 0.1) is 18.3 Å². The summed E-state index contributed by atoms with van der Waals surface area (Å²) in [5.74, 6) is 0. The molecule has 1 fully saturated rings. The molecule has 1 aliphatic rings. The van der Waals surface area contributed by atoms with E-state index in [9.17, 15) is 0 Å². The first-order chi connectivity index (χ1) is 11.2. The average molecular weight is 338 g/mol. The standard InChI is InChI=1S/C16H24ClN5O/c1-3-15-14(16(17)20(2)19-15)12-21-7-5-9-23-13(10-21)11-22-8-4-6-18-22/h4,6,8,13H,3,5,7,9-12H2,1-2H3/t13-/m1/s1. The summed E-state index contributed by atoms with van der Waals surface area (Å²) in [6, 6.07) is 1.94. The van der Waals surface area contributed by atoms with Crippen LogP contribution in [0.2, 0.25) is 5.15 Å². The average Bonchev–Trinajstić information content (AvgIpc) is 3.06. The molecule has 0 spiro atoms. The lowest BCUT2D eigenvalue weighted by Gasteiger charge is -2.23. The van der Waals surface area contributed by atoms with Crippen LogP contribution in [-0.4, -0.2) is 50.3 Å². The highest BCUT2D eigenvalue weighted by atomic mass is 35.5. The van der Waals surface area contributed by atoms with E-state index in [1.165, 1.54) is 0 Å². The zero-order valence-electron chi connectivity index (χ0n) is 13.8. The Morgan fingerprint density at radius 2 is 2.30 bits per heavy atom. The number of ether oxygens (including phenoxy) is 1. The van der Waals surface area contributed by atoms with Crippen molar-refractivity contribution in [2.75, 3.05) is 19.7 Å². The molecule has 0 N–H and O–H groups in total. The summed E-state index contributed by atoms with van der Waals surface area (Å²) in [6.45, 7) is 6.43. The van der Waals surface area contributed by atoms with Gasteiger partial charge >= 0.3 is 0 Å². The molecule has 1 atom stereocenters. The Bertz CT molecular complexity index is 625. The zero-order valence-corrected chi connectivity index (χ0v) is 14.5. The predicted molar refractivity (Wildman–Crippen MR) is 89.5 cm³/mol. The number of hydrogen-bond acceptors (Lipinski definition) is 4. The van der Waals surface area contributed by atoms with E-state index in [2.05, 4.69) is 22.0 Å². The number of rotatable bonds is 5. The highest BCUT2D eigenvalue weighted by Gasteiger charge is 2.22. The first kappa shape index (κ1) is 16.5. The third-order valence-electron chi connectivity index (χ3n) is 4.25. The summed E-state index contributed by atoms with van der Waals surface area (Å²) in [5, 5.41) is 9.53. The number of hydrogen-bond donors (Lipinski definition) is 0. The number of halogens is 1. The molecule has 0 aliphatic carbocycles. The Kier molecular flexibility index (Phi) is 5.35. The number of aryl methyl sites for hydroxylation is 2. The van der Waals surface area contributed by atoms with Crippen molar-refractivity contribution in [3.05, 3.63) is 34.9 Å². The Balaban J connectivity index is 1.69. The summed E-state index contributed by atoms with van der Waals surface area (Å²) < 4.78 is 9.68. The minimum atomic E-state index is 0.151. The lowest BCUT2D eigenvalue weighted by Crippen LogP contribution is -2.34. The van der Waals surface area contributed by atoms with Crippen LogP contribution in [-0.2, 0) is 31.3 Å². The van der Waals surface area contributed by atoms with E-state index in [0.29, 0.717) is 0 Å². The van der Waals surface area contributed by atoms with E-state index in [4.69, 9.17) is 16.3 Å². The van der Waals surface area contributed by atoms with Crippen molar-refractivity contribution < 1.29 is 4.74 Å².